The zero-order valence-electron chi connectivity index (χ0n) is 11.6. The van der Waals surface area contributed by atoms with Crippen LogP contribution in [0.5, 0.6) is 11.5 Å². The summed E-state index contributed by atoms with van der Waals surface area (Å²) in [4.78, 5) is 11.5. The van der Waals surface area contributed by atoms with Gasteiger partial charge in [-0.3, -0.25) is 4.79 Å². The highest BCUT2D eigenvalue weighted by Gasteiger charge is 2.21. The van der Waals surface area contributed by atoms with Gasteiger partial charge in [-0.2, -0.15) is 5.26 Å². The summed E-state index contributed by atoms with van der Waals surface area (Å²) in [5, 5.41) is 8.85. The molecule has 0 saturated heterocycles. The average molecular weight is 279 g/mol. The third-order valence-corrected chi connectivity index (χ3v) is 3.48. The van der Waals surface area contributed by atoms with E-state index in [0.29, 0.717) is 29.2 Å². The molecule has 0 N–H and O–H groups in total. The highest BCUT2D eigenvalue weighted by molar-refractivity contribution is 6.02. The fourth-order valence-corrected chi connectivity index (χ4v) is 2.25. The van der Waals surface area contributed by atoms with Crippen molar-refractivity contribution < 1.29 is 14.3 Å². The number of Topliss-reactive ketones (excluding diaryl/α,β-unsaturated/α-hetero) is 1. The van der Waals surface area contributed by atoms with Gasteiger partial charge in [-0.1, -0.05) is 6.07 Å². The van der Waals surface area contributed by atoms with Crippen LogP contribution in [0.1, 0.15) is 27.0 Å². The Morgan fingerprint density at radius 2 is 2.14 bits per heavy atom. The van der Waals surface area contributed by atoms with Gasteiger partial charge in [0.2, 0.25) is 5.78 Å². The molecule has 0 atom stereocenters. The SMILES string of the molecule is Cc1cc(C#N)ccc1COc1ccc2c(c1)OCC2=O. The van der Waals surface area contributed by atoms with Gasteiger partial charge in [-0.15, -0.1) is 0 Å². The summed E-state index contributed by atoms with van der Waals surface area (Å²) in [5.41, 5.74) is 3.28. The number of hydrogen-bond donors (Lipinski definition) is 0. The number of hydrogen-bond acceptors (Lipinski definition) is 4. The third-order valence-electron chi connectivity index (χ3n) is 3.48. The zero-order chi connectivity index (χ0) is 14.8. The Labute approximate surface area is 122 Å². The Morgan fingerprint density at radius 3 is 2.90 bits per heavy atom. The second kappa shape index (κ2) is 5.29. The molecule has 1 heterocycles. The van der Waals surface area contributed by atoms with Crippen LogP contribution in [0.15, 0.2) is 36.4 Å². The second-order valence-corrected chi connectivity index (χ2v) is 4.91. The average Bonchev–Trinajstić information content (AvgIpc) is 2.87. The lowest BCUT2D eigenvalue weighted by molar-refractivity contribution is 0.0961. The van der Waals surface area contributed by atoms with Crippen LogP contribution in [0.2, 0.25) is 0 Å². The Kier molecular flexibility index (Phi) is 3.33. The van der Waals surface area contributed by atoms with E-state index >= 15 is 0 Å². The molecule has 0 saturated carbocycles. The van der Waals surface area contributed by atoms with Crippen molar-refractivity contribution in [3.05, 3.63) is 58.7 Å². The number of rotatable bonds is 3. The number of nitrogens with zero attached hydrogens (tertiary/aromatic N) is 1. The Balaban J connectivity index is 1.74. The molecule has 0 unspecified atom stereocenters. The molecular weight excluding hydrogens is 266 g/mol. The van der Waals surface area contributed by atoms with Crippen molar-refractivity contribution in [1.29, 1.82) is 5.26 Å². The van der Waals surface area contributed by atoms with Gasteiger partial charge >= 0.3 is 0 Å². The van der Waals surface area contributed by atoms with Crippen LogP contribution >= 0.6 is 0 Å². The van der Waals surface area contributed by atoms with Crippen molar-refractivity contribution >= 4 is 5.78 Å². The normalized spacial score (nSPS) is 12.5. The van der Waals surface area contributed by atoms with E-state index in [-0.39, 0.29) is 12.4 Å². The molecule has 0 radical (unpaired) electrons. The van der Waals surface area contributed by atoms with Gasteiger partial charge in [0.25, 0.3) is 0 Å². The number of aryl methyl sites for hydroxylation is 1. The maximum absolute atomic E-state index is 11.5. The van der Waals surface area contributed by atoms with Gasteiger partial charge in [0.05, 0.1) is 17.2 Å². The summed E-state index contributed by atoms with van der Waals surface area (Å²) < 4.78 is 11.0. The number of ether oxygens (including phenoxy) is 2. The van der Waals surface area contributed by atoms with Crippen LogP contribution in [0.25, 0.3) is 0 Å². The Bertz CT molecular complexity index is 759. The molecule has 4 nitrogen and oxygen atoms in total. The number of fused-ring (bicyclic) bond motifs is 1. The van der Waals surface area contributed by atoms with Crippen molar-refractivity contribution in [2.75, 3.05) is 6.61 Å². The predicted octanol–water partition coefficient (Wildman–Crippen LogP) is 3.02. The minimum absolute atomic E-state index is 0.000475. The number of nitriles is 1. The van der Waals surface area contributed by atoms with Crippen LogP contribution in [0, 0.1) is 18.3 Å². The molecule has 1 aliphatic rings. The van der Waals surface area contributed by atoms with E-state index < -0.39 is 0 Å². The van der Waals surface area contributed by atoms with Gasteiger partial charge < -0.3 is 9.47 Å². The van der Waals surface area contributed by atoms with Crippen molar-refractivity contribution in [2.45, 2.75) is 13.5 Å². The lowest BCUT2D eigenvalue weighted by Gasteiger charge is -2.09. The molecule has 0 amide bonds. The Hall–Kier alpha value is -2.80. The summed E-state index contributed by atoms with van der Waals surface area (Å²) in [5.74, 6) is 1.24. The van der Waals surface area contributed by atoms with E-state index in [4.69, 9.17) is 14.7 Å². The summed E-state index contributed by atoms with van der Waals surface area (Å²) in [7, 11) is 0. The van der Waals surface area contributed by atoms with Crippen LogP contribution in [-0.4, -0.2) is 12.4 Å². The number of carbonyl (C=O) groups excluding carboxylic acids is 1. The molecule has 0 spiro atoms. The molecule has 0 aliphatic carbocycles. The highest BCUT2D eigenvalue weighted by Crippen LogP contribution is 2.30. The van der Waals surface area contributed by atoms with Gasteiger partial charge in [-0.05, 0) is 42.3 Å². The fraction of sp³-hybridized carbons (Fsp3) is 0.176. The lowest BCUT2D eigenvalue weighted by atomic mass is 10.1. The molecule has 2 aromatic carbocycles. The molecule has 3 rings (SSSR count). The predicted molar refractivity (Wildman–Crippen MR) is 76.5 cm³/mol. The van der Waals surface area contributed by atoms with Crippen LogP contribution < -0.4 is 9.47 Å². The summed E-state index contributed by atoms with van der Waals surface area (Å²) in [6.07, 6.45) is 0. The molecule has 0 fully saturated rings. The molecule has 4 heteroatoms. The molecular formula is C17H13NO3. The van der Waals surface area contributed by atoms with E-state index in [2.05, 4.69) is 6.07 Å². The summed E-state index contributed by atoms with van der Waals surface area (Å²) in [6, 6.07) is 12.8. The first-order valence-corrected chi connectivity index (χ1v) is 6.60. The topological polar surface area (TPSA) is 59.3 Å². The van der Waals surface area contributed by atoms with Gasteiger partial charge in [0.1, 0.15) is 18.1 Å². The number of ketones is 1. The smallest absolute Gasteiger partial charge is 0.203 e. The quantitative estimate of drug-likeness (QED) is 0.866. The zero-order valence-corrected chi connectivity index (χ0v) is 11.6. The minimum atomic E-state index is -0.000475. The molecule has 0 bridgehead atoms. The molecule has 1 aliphatic heterocycles. The fourth-order valence-electron chi connectivity index (χ4n) is 2.25. The van der Waals surface area contributed by atoms with E-state index in [1.807, 2.05) is 19.1 Å². The monoisotopic (exact) mass is 279 g/mol. The van der Waals surface area contributed by atoms with Crippen molar-refractivity contribution in [3.8, 4) is 17.6 Å². The highest BCUT2D eigenvalue weighted by atomic mass is 16.5. The summed E-state index contributed by atoms with van der Waals surface area (Å²) >= 11 is 0. The molecule has 21 heavy (non-hydrogen) atoms. The first-order chi connectivity index (χ1) is 10.2. The van der Waals surface area contributed by atoms with Crippen molar-refractivity contribution in [3.63, 3.8) is 0 Å². The first-order valence-electron chi connectivity index (χ1n) is 6.60. The molecule has 2 aromatic rings. The maximum Gasteiger partial charge on any atom is 0.203 e. The number of carbonyl (C=O) groups is 1. The van der Waals surface area contributed by atoms with Crippen LogP contribution in [0.4, 0.5) is 0 Å². The van der Waals surface area contributed by atoms with Crippen LogP contribution in [0.3, 0.4) is 0 Å². The second-order valence-electron chi connectivity index (χ2n) is 4.91. The van der Waals surface area contributed by atoms with Gasteiger partial charge in [-0.25, -0.2) is 0 Å². The van der Waals surface area contributed by atoms with E-state index in [1.165, 1.54) is 0 Å². The van der Waals surface area contributed by atoms with Crippen molar-refractivity contribution in [1.82, 2.24) is 0 Å². The van der Waals surface area contributed by atoms with Crippen molar-refractivity contribution in [2.24, 2.45) is 0 Å². The molecule has 0 aromatic heterocycles. The minimum Gasteiger partial charge on any atom is -0.489 e. The van der Waals surface area contributed by atoms with E-state index in [9.17, 15) is 4.79 Å². The standard InChI is InChI=1S/C17H13NO3/c1-11-6-12(8-18)2-3-13(11)9-20-14-4-5-15-16(19)10-21-17(15)7-14/h2-7H,9-10H2,1H3. The number of benzene rings is 2. The third kappa shape index (κ3) is 2.59. The Morgan fingerprint density at radius 1 is 1.29 bits per heavy atom. The van der Waals surface area contributed by atoms with Crippen LogP contribution in [-0.2, 0) is 6.61 Å². The van der Waals surface area contributed by atoms with Gasteiger partial charge in [0.15, 0.2) is 6.61 Å². The van der Waals surface area contributed by atoms with E-state index in [0.717, 1.165) is 11.1 Å². The van der Waals surface area contributed by atoms with E-state index in [1.54, 1.807) is 24.3 Å². The first kappa shape index (κ1) is 13.2. The maximum atomic E-state index is 11.5. The lowest BCUT2D eigenvalue weighted by Crippen LogP contribution is -1.99. The molecule has 104 valence electrons. The largest absolute Gasteiger partial charge is 0.489 e. The summed E-state index contributed by atoms with van der Waals surface area (Å²) in [6.45, 7) is 2.46. The van der Waals surface area contributed by atoms with Gasteiger partial charge in [0, 0.05) is 6.07 Å².